The van der Waals surface area contributed by atoms with Crippen molar-refractivity contribution in [2.24, 2.45) is 0 Å². The molecule has 0 spiro atoms. The van der Waals surface area contributed by atoms with Gasteiger partial charge in [0.15, 0.2) is 0 Å². The summed E-state index contributed by atoms with van der Waals surface area (Å²) in [4.78, 5) is 4.00. The molecule has 1 atom stereocenters. The Morgan fingerprint density at radius 3 is 2.43 bits per heavy atom. The van der Waals surface area contributed by atoms with Crippen molar-refractivity contribution in [1.29, 1.82) is 0 Å². The smallest absolute Gasteiger partial charge is 0.242 e. The highest BCUT2D eigenvalue weighted by Gasteiger charge is 2.24. The van der Waals surface area contributed by atoms with Crippen LogP contribution in [-0.4, -0.2) is 18.0 Å². The fraction of sp³-hybridized carbons (Fsp3) is 0.625. The van der Waals surface area contributed by atoms with Crippen LogP contribution < -0.4 is 0 Å². The Morgan fingerprint density at radius 2 is 2.00 bits per heavy atom. The van der Waals surface area contributed by atoms with Gasteiger partial charge in [-0.15, -0.1) is 0 Å². The number of imidazole rings is 1. The van der Waals surface area contributed by atoms with Crippen molar-refractivity contribution < 1.29 is 8.42 Å². The highest BCUT2D eigenvalue weighted by atomic mass is 35.7. The molecule has 80 valence electrons. The molecule has 1 aromatic heterocycles. The summed E-state index contributed by atoms with van der Waals surface area (Å²) in [7, 11) is 1.68. The summed E-state index contributed by atoms with van der Waals surface area (Å²) in [5.74, 6) is 0.481. The second-order valence-corrected chi connectivity index (χ2v) is 6.35. The number of rotatable bonds is 3. The van der Waals surface area contributed by atoms with Crippen molar-refractivity contribution in [3.05, 3.63) is 18.2 Å². The average Bonchev–Trinajstić information content (AvgIpc) is 2.48. The number of hydrogen-bond donors (Lipinski definition) is 0. The van der Waals surface area contributed by atoms with Gasteiger partial charge in [0.25, 0.3) is 0 Å². The van der Waals surface area contributed by atoms with E-state index in [2.05, 4.69) is 4.98 Å². The fourth-order valence-electron chi connectivity index (χ4n) is 1.20. The fourth-order valence-corrected chi connectivity index (χ4v) is 1.88. The molecule has 6 heteroatoms. The lowest BCUT2D eigenvalue weighted by Gasteiger charge is -2.14. The second-order valence-electron chi connectivity index (χ2n) is 3.40. The molecule has 1 heterocycles. The molecule has 0 saturated carbocycles. The van der Waals surface area contributed by atoms with Gasteiger partial charge in [-0.25, -0.2) is 13.4 Å². The summed E-state index contributed by atoms with van der Waals surface area (Å²) in [6.07, 6.45) is 3.33. The lowest BCUT2D eigenvalue weighted by Crippen LogP contribution is -2.12. The van der Waals surface area contributed by atoms with Crippen LogP contribution >= 0.6 is 10.7 Å². The minimum Gasteiger partial charge on any atom is -0.331 e. The van der Waals surface area contributed by atoms with Gasteiger partial charge >= 0.3 is 0 Å². The molecule has 0 aliphatic carbocycles. The van der Waals surface area contributed by atoms with Crippen molar-refractivity contribution in [1.82, 2.24) is 9.55 Å². The van der Waals surface area contributed by atoms with Gasteiger partial charge in [-0.2, -0.15) is 0 Å². The zero-order valence-electron chi connectivity index (χ0n) is 8.31. The van der Waals surface area contributed by atoms with Crippen LogP contribution in [0.5, 0.6) is 0 Å². The Kier molecular flexibility index (Phi) is 3.21. The highest BCUT2D eigenvalue weighted by molar-refractivity contribution is 8.13. The van der Waals surface area contributed by atoms with E-state index in [4.69, 9.17) is 10.7 Å². The zero-order chi connectivity index (χ0) is 10.9. The molecule has 4 nitrogen and oxygen atoms in total. The molecule has 0 aromatic carbocycles. The van der Waals surface area contributed by atoms with Gasteiger partial charge < -0.3 is 4.57 Å². The first kappa shape index (κ1) is 11.5. The SMILES string of the molecule is CC(C)n1ccnc1C(C)S(=O)(=O)Cl. The monoisotopic (exact) mass is 236 g/mol. The van der Waals surface area contributed by atoms with E-state index in [0.29, 0.717) is 5.82 Å². The summed E-state index contributed by atoms with van der Waals surface area (Å²) in [6, 6.07) is 0.174. The predicted molar refractivity (Wildman–Crippen MR) is 55.8 cm³/mol. The van der Waals surface area contributed by atoms with Crippen molar-refractivity contribution >= 4 is 19.7 Å². The minimum absolute atomic E-state index is 0.174. The Morgan fingerprint density at radius 1 is 1.43 bits per heavy atom. The maximum Gasteiger partial charge on any atom is 0.242 e. The Balaban J connectivity index is 3.14. The summed E-state index contributed by atoms with van der Waals surface area (Å²) in [5, 5.41) is -0.776. The third-order valence-corrected chi connectivity index (χ3v) is 3.90. The summed E-state index contributed by atoms with van der Waals surface area (Å²) in [6.45, 7) is 5.45. The van der Waals surface area contributed by atoms with Crippen LogP contribution in [0.25, 0.3) is 0 Å². The molecule has 0 aliphatic heterocycles. The first-order valence-electron chi connectivity index (χ1n) is 4.30. The topological polar surface area (TPSA) is 52.0 Å². The van der Waals surface area contributed by atoms with Gasteiger partial charge in [0.1, 0.15) is 11.1 Å². The van der Waals surface area contributed by atoms with Crippen LogP contribution in [0.1, 0.15) is 37.9 Å². The van der Waals surface area contributed by atoms with Crippen molar-refractivity contribution in [2.45, 2.75) is 32.1 Å². The van der Waals surface area contributed by atoms with Crippen LogP contribution in [0, 0.1) is 0 Å². The lowest BCUT2D eigenvalue weighted by atomic mass is 10.3. The normalized spacial score (nSPS) is 14.6. The lowest BCUT2D eigenvalue weighted by molar-refractivity contribution is 0.554. The minimum atomic E-state index is -3.59. The van der Waals surface area contributed by atoms with Gasteiger partial charge in [0.2, 0.25) is 9.05 Å². The third kappa shape index (κ3) is 2.27. The maximum absolute atomic E-state index is 11.1. The third-order valence-electron chi connectivity index (χ3n) is 2.04. The molecule has 14 heavy (non-hydrogen) atoms. The number of halogens is 1. The van der Waals surface area contributed by atoms with E-state index in [1.165, 1.54) is 6.92 Å². The summed E-state index contributed by atoms with van der Waals surface area (Å²) >= 11 is 0. The van der Waals surface area contributed by atoms with Crippen LogP contribution in [0.15, 0.2) is 12.4 Å². The van der Waals surface area contributed by atoms with Crippen LogP contribution in [-0.2, 0) is 9.05 Å². The molecule has 0 amide bonds. The average molecular weight is 237 g/mol. The Hall–Kier alpha value is -0.550. The number of aromatic nitrogens is 2. The molecule has 0 radical (unpaired) electrons. The first-order chi connectivity index (χ1) is 6.34. The molecule has 0 N–H and O–H groups in total. The van der Waals surface area contributed by atoms with Gasteiger partial charge in [0, 0.05) is 29.1 Å². The second kappa shape index (κ2) is 3.90. The Labute approximate surface area is 88.3 Å². The first-order valence-corrected chi connectivity index (χ1v) is 6.67. The van der Waals surface area contributed by atoms with Crippen LogP contribution in [0.4, 0.5) is 0 Å². The number of nitrogens with zero attached hydrogens (tertiary/aromatic N) is 2. The van der Waals surface area contributed by atoms with E-state index in [1.807, 2.05) is 13.8 Å². The van der Waals surface area contributed by atoms with Gasteiger partial charge in [0.05, 0.1) is 0 Å². The van der Waals surface area contributed by atoms with Crippen LogP contribution in [0.3, 0.4) is 0 Å². The molecule has 0 saturated heterocycles. The molecule has 1 rings (SSSR count). The quantitative estimate of drug-likeness (QED) is 0.756. The number of hydrogen-bond acceptors (Lipinski definition) is 3. The molecule has 1 unspecified atom stereocenters. The van der Waals surface area contributed by atoms with Crippen molar-refractivity contribution in [3.63, 3.8) is 0 Å². The van der Waals surface area contributed by atoms with Crippen molar-refractivity contribution in [3.8, 4) is 0 Å². The predicted octanol–water partition coefficient (Wildman–Crippen LogP) is 2.09. The maximum atomic E-state index is 11.1. The zero-order valence-corrected chi connectivity index (χ0v) is 9.88. The summed E-state index contributed by atoms with van der Waals surface area (Å²) in [5.41, 5.74) is 0. The van der Waals surface area contributed by atoms with Crippen molar-refractivity contribution in [2.75, 3.05) is 0 Å². The van der Waals surface area contributed by atoms with Gasteiger partial charge in [-0.3, -0.25) is 0 Å². The molecule has 0 fully saturated rings. The van der Waals surface area contributed by atoms with E-state index < -0.39 is 14.3 Å². The standard InChI is InChI=1S/C8H13ClN2O2S/c1-6(2)11-5-4-10-8(11)7(3)14(9,12)13/h4-7H,1-3H3. The van der Waals surface area contributed by atoms with Gasteiger partial charge in [-0.05, 0) is 20.8 Å². The van der Waals surface area contributed by atoms with Gasteiger partial charge in [-0.1, -0.05) is 0 Å². The summed E-state index contributed by atoms with van der Waals surface area (Å²) < 4.78 is 24.0. The van der Waals surface area contributed by atoms with E-state index in [-0.39, 0.29) is 6.04 Å². The van der Waals surface area contributed by atoms with Crippen LogP contribution in [0.2, 0.25) is 0 Å². The highest BCUT2D eigenvalue weighted by Crippen LogP contribution is 2.25. The molecular formula is C8H13ClN2O2S. The molecule has 1 aromatic rings. The van der Waals surface area contributed by atoms with E-state index in [0.717, 1.165) is 0 Å². The Bertz CT molecular complexity index is 411. The van der Waals surface area contributed by atoms with E-state index >= 15 is 0 Å². The molecule has 0 bridgehead atoms. The molecule has 0 aliphatic rings. The van der Waals surface area contributed by atoms with E-state index in [1.54, 1.807) is 17.0 Å². The largest absolute Gasteiger partial charge is 0.331 e. The molecular weight excluding hydrogens is 224 g/mol. The van der Waals surface area contributed by atoms with E-state index in [9.17, 15) is 8.42 Å².